The van der Waals surface area contributed by atoms with Crippen LogP contribution < -0.4 is 10.2 Å². The highest BCUT2D eigenvalue weighted by molar-refractivity contribution is 9.11. The molecule has 0 saturated heterocycles. The summed E-state index contributed by atoms with van der Waals surface area (Å²) in [5, 5.41) is 5.22. The van der Waals surface area contributed by atoms with Gasteiger partial charge in [0.05, 0.1) is 15.7 Å². The Bertz CT molecular complexity index is 514. The minimum absolute atomic E-state index is 0.735. The topological polar surface area (TPSA) is 41.1 Å². The van der Waals surface area contributed by atoms with E-state index >= 15 is 0 Å². The molecule has 0 aliphatic rings. The van der Waals surface area contributed by atoms with Crippen molar-refractivity contribution < 1.29 is 0 Å². The first-order valence-corrected chi connectivity index (χ1v) is 7.26. The molecule has 96 valence electrons. The van der Waals surface area contributed by atoms with Crippen molar-refractivity contribution in [3.05, 3.63) is 38.9 Å². The molecule has 2 aromatic rings. The molecule has 4 nitrogen and oxygen atoms in total. The van der Waals surface area contributed by atoms with Crippen molar-refractivity contribution in [1.82, 2.24) is 15.3 Å². The first-order chi connectivity index (χ1) is 8.69. The van der Waals surface area contributed by atoms with Crippen molar-refractivity contribution in [2.75, 3.05) is 19.0 Å². The average molecular weight is 327 g/mol. The Hall–Kier alpha value is -0.980. The number of hydrogen-bond donors (Lipinski definition) is 1. The minimum atomic E-state index is 0.735. The monoisotopic (exact) mass is 326 g/mol. The average Bonchev–Trinajstić information content (AvgIpc) is 2.75. The van der Waals surface area contributed by atoms with E-state index in [1.165, 1.54) is 5.56 Å². The number of nitrogens with one attached hydrogen (secondary N) is 1. The van der Waals surface area contributed by atoms with Crippen LogP contribution in [0.1, 0.15) is 11.3 Å². The SMILES string of the molecule is CNCc1cncc(N(C)Cc2csc(Br)c2)n1. The lowest BCUT2D eigenvalue weighted by molar-refractivity contribution is 0.775. The van der Waals surface area contributed by atoms with E-state index in [2.05, 4.69) is 47.6 Å². The Balaban J connectivity index is 2.08. The normalized spacial score (nSPS) is 10.6. The molecule has 2 aromatic heterocycles. The van der Waals surface area contributed by atoms with Gasteiger partial charge < -0.3 is 10.2 Å². The third kappa shape index (κ3) is 3.51. The van der Waals surface area contributed by atoms with E-state index in [1.807, 2.05) is 14.1 Å². The fourth-order valence-electron chi connectivity index (χ4n) is 1.63. The Labute approximate surface area is 119 Å². The van der Waals surface area contributed by atoms with Gasteiger partial charge in [-0.05, 0) is 40.0 Å². The molecule has 0 aliphatic carbocycles. The number of thiophene rings is 1. The van der Waals surface area contributed by atoms with Crippen LogP contribution in [-0.4, -0.2) is 24.1 Å². The van der Waals surface area contributed by atoms with Crippen molar-refractivity contribution in [2.45, 2.75) is 13.1 Å². The van der Waals surface area contributed by atoms with Gasteiger partial charge in [0.2, 0.25) is 0 Å². The van der Waals surface area contributed by atoms with Crippen molar-refractivity contribution in [3.63, 3.8) is 0 Å². The Morgan fingerprint density at radius 2 is 2.28 bits per heavy atom. The van der Waals surface area contributed by atoms with Crippen molar-refractivity contribution in [3.8, 4) is 0 Å². The molecule has 0 saturated carbocycles. The van der Waals surface area contributed by atoms with Gasteiger partial charge in [0.25, 0.3) is 0 Å². The van der Waals surface area contributed by atoms with Crippen LogP contribution in [0.15, 0.2) is 27.6 Å². The van der Waals surface area contributed by atoms with Crippen molar-refractivity contribution in [1.29, 1.82) is 0 Å². The smallest absolute Gasteiger partial charge is 0.147 e. The van der Waals surface area contributed by atoms with E-state index < -0.39 is 0 Å². The summed E-state index contributed by atoms with van der Waals surface area (Å²) < 4.78 is 1.15. The van der Waals surface area contributed by atoms with Crippen LogP contribution >= 0.6 is 27.3 Å². The molecule has 0 radical (unpaired) electrons. The highest BCUT2D eigenvalue weighted by Crippen LogP contribution is 2.22. The third-order valence-corrected chi connectivity index (χ3v) is 4.02. The van der Waals surface area contributed by atoms with Crippen LogP contribution in [0, 0.1) is 0 Å². The van der Waals surface area contributed by atoms with Gasteiger partial charge in [-0.15, -0.1) is 11.3 Å². The summed E-state index contributed by atoms with van der Waals surface area (Å²) in [6.07, 6.45) is 3.58. The van der Waals surface area contributed by atoms with Crippen LogP contribution in [-0.2, 0) is 13.1 Å². The maximum atomic E-state index is 4.56. The molecule has 0 bridgehead atoms. The fraction of sp³-hybridized carbons (Fsp3) is 0.333. The van der Waals surface area contributed by atoms with E-state index in [-0.39, 0.29) is 0 Å². The quantitative estimate of drug-likeness (QED) is 0.917. The first kappa shape index (κ1) is 13.5. The fourth-order valence-corrected chi connectivity index (χ4v) is 2.83. The van der Waals surface area contributed by atoms with Gasteiger partial charge in [-0.3, -0.25) is 4.98 Å². The largest absolute Gasteiger partial charge is 0.354 e. The molecule has 2 rings (SSSR count). The summed E-state index contributed by atoms with van der Waals surface area (Å²) in [4.78, 5) is 10.9. The molecule has 2 heterocycles. The molecular formula is C12H15BrN4S. The summed E-state index contributed by atoms with van der Waals surface area (Å²) in [6.45, 7) is 1.57. The van der Waals surface area contributed by atoms with E-state index in [1.54, 1.807) is 23.7 Å². The number of anilines is 1. The summed E-state index contributed by atoms with van der Waals surface area (Å²) in [6, 6.07) is 2.13. The van der Waals surface area contributed by atoms with Gasteiger partial charge in [-0.2, -0.15) is 0 Å². The summed E-state index contributed by atoms with van der Waals surface area (Å²) in [7, 11) is 3.93. The molecular weight excluding hydrogens is 312 g/mol. The Morgan fingerprint density at radius 3 is 2.94 bits per heavy atom. The van der Waals surface area contributed by atoms with Crippen molar-refractivity contribution in [2.24, 2.45) is 0 Å². The molecule has 0 atom stereocenters. The second-order valence-corrected chi connectivity index (χ2v) is 6.30. The van der Waals surface area contributed by atoms with Crippen LogP contribution in [0.2, 0.25) is 0 Å². The maximum Gasteiger partial charge on any atom is 0.147 e. The number of aromatic nitrogens is 2. The third-order valence-electron chi connectivity index (χ3n) is 2.46. The Kier molecular flexibility index (Phi) is 4.68. The summed E-state index contributed by atoms with van der Waals surface area (Å²) in [5.74, 6) is 0.894. The molecule has 1 N–H and O–H groups in total. The van der Waals surface area contributed by atoms with E-state index in [4.69, 9.17) is 0 Å². The molecule has 0 unspecified atom stereocenters. The molecule has 0 aromatic carbocycles. The second kappa shape index (κ2) is 6.26. The van der Waals surface area contributed by atoms with E-state index in [0.29, 0.717) is 0 Å². The highest BCUT2D eigenvalue weighted by atomic mass is 79.9. The molecule has 6 heteroatoms. The first-order valence-electron chi connectivity index (χ1n) is 5.58. The zero-order valence-electron chi connectivity index (χ0n) is 10.4. The number of nitrogens with zero attached hydrogens (tertiary/aromatic N) is 3. The van der Waals surface area contributed by atoms with Gasteiger partial charge in [0.1, 0.15) is 5.82 Å². The molecule has 0 spiro atoms. The van der Waals surface area contributed by atoms with Crippen LogP contribution in [0.25, 0.3) is 0 Å². The predicted octanol–water partition coefficient (Wildman–Crippen LogP) is 2.66. The lowest BCUT2D eigenvalue weighted by Crippen LogP contribution is -2.19. The Morgan fingerprint density at radius 1 is 1.44 bits per heavy atom. The number of rotatable bonds is 5. The second-order valence-electron chi connectivity index (χ2n) is 4.01. The lowest BCUT2D eigenvalue weighted by atomic mass is 10.3. The van der Waals surface area contributed by atoms with Crippen molar-refractivity contribution >= 4 is 33.1 Å². The zero-order chi connectivity index (χ0) is 13.0. The minimum Gasteiger partial charge on any atom is -0.354 e. The molecule has 0 fully saturated rings. The summed E-state index contributed by atoms with van der Waals surface area (Å²) in [5.41, 5.74) is 2.23. The van der Waals surface area contributed by atoms with Crippen LogP contribution in [0.4, 0.5) is 5.82 Å². The lowest BCUT2D eigenvalue weighted by Gasteiger charge is -2.17. The zero-order valence-corrected chi connectivity index (χ0v) is 12.8. The van der Waals surface area contributed by atoms with Gasteiger partial charge in [-0.25, -0.2) is 4.98 Å². The number of hydrogen-bond acceptors (Lipinski definition) is 5. The maximum absolute atomic E-state index is 4.56. The number of halogens is 1. The molecule has 0 amide bonds. The highest BCUT2D eigenvalue weighted by Gasteiger charge is 2.06. The van der Waals surface area contributed by atoms with E-state index in [9.17, 15) is 0 Å². The van der Waals surface area contributed by atoms with E-state index in [0.717, 1.165) is 28.4 Å². The predicted molar refractivity (Wildman–Crippen MR) is 78.9 cm³/mol. The molecule has 0 aliphatic heterocycles. The van der Waals surface area contributed by atoms with Crippen LogP contribution in [0.5, 0.6) is 0 Å². The molecule has 18 heavy (non-hydrogen) atoms. The summed E-state index contributed by atoms with van der Waals surface area (Å²) >= 11 is 5.17. The van der Waals surface area contributed by atoms with Gasteiger partial charge in [0, 0.05) is 26.3 Å². The van der Waals surface area contributed by atoms with Gasteiger partial charge in [-0.1, -0.05) is 0 Å². The van der Waals surface area contributed by atoms with Gasteiger partial charge in [0.15, 0.2) is 0 Å². The van der Waals surface area contributed by atoms with Crippen LogP contribution in [0.3, 0.4) is 0 Å². The standard InChI is InChI=1S/C12H15BrN4S/c1-14-4-10-5-15-6-12(16-10)17(2)7-9-3-11(13)18-8-9/h3,5-6,8,14H,4,7H2,1-2H3. The van der Waals surface area contributed by atoms with Gasteiger partial charge >= 0.3 is 0 Å².